The van der Waals surface area contributed by atoms with Gasteiger partial charge in [-0.15, -0.1) is 13.2 Å². The monoisotopic (exact) mass is 404 g/mol. The second kappa shape index (κ2) is 9.69. The minimum Gasteiger partial charge on any atom is -0.406 e. The summed E-state index contributed by atoms with van der Waals surface area (Å²) >= 11 is 0. The van der Waals surface area contributed by atoms with Crippen molar-refractivity contribution in [1.82, 2.24) is 0 Å². The molecule has 0 atom stereocenters. The molecule has 0 radical (unpaired) electrons. The molecular weight excluding hydrogens is 373 g/mol. The molecule has 1 saturated carbocycles. The number of rotatable bonds is 8. The molecule has 0 aliphatic heterocycles. The first-order valence-corrected chi connectivity index (χ1v) is 10.8. The Morgan fingerprint density at radius 1 is 0.828 bits per heavy atom. The molecule has 0 unspecified atom stereocenters. The van der Waals surface area contributed by atoms with Crippen LogP contribution in [0.5, 0.6) is 5.75 Å². The van der Waals surface area contributed by atoms with Crippen LogP contribution in [0.4, 0.5) is 13.2 Å². The summed E-state index contributed by atoms with van der Waals surface area (Å²) in [7, 11) is 0. The number of hydrogen-bond acceptors (Lipinski definition) is 1. The number of aryl methyl sites for hydroxylation is 2. The van der Waals surface area contributed by atoms with Gasteiger partial charge in [0.15, 0.2) is 0 Å². The predicted molar refractivity (Wildman–Crippen MR) is 111 cm³/mol. The smallest absolute Gasteiger partial charge is 0.406 e. The third-order valence-electron chi connectivity index (χ3n) is 6.25. The summed E-state index contributed by atoms with van der Waals surface area (Å²) in [5.41, 5.74) is 4.13. The van der Waals surface area contributed by atoms with Gasteiger partial charge < -0.3 is 4.74 Å². The topological polar surface area (TPSA) is 9.23 Å². The van der Waals surface area contributed by atoms with Crippen LogP contribution in [-0.2, 0) is 18.3 Å². The number of unbranched alkanes of at least 4 members (excludes halogenated alkanes) is 1. The summed E-state index contributed by atoms with van der Waals surface area (Å²) in [6.45, 7) is 2.27. The Kier molecular flexibility index (Phi) is 7.26. The van der Waals surface area contributed by atoms with Crippen molar-refractivity contribution in [2.24, 2.45) is 0 Å². The van der Waals surface area contributed by atoms with Gasteiger partial charge in [-0.25, -0.2) is 0 Å². The van der Waals surface area contributed by atoms with Crippen LogP contribution in [0.1, 0.15) is 75.0 Å². The molecule has 3 rings (SSSR count). The van der Waals surface area contributed by atoms with Gasteiger partial charge in [-0.2, -0.15) is 0 Å². The van der Waals surface area contributed by atoms with Gasteiger partial charge in [0.25, 0.3) is 0 Å². The molecule has 0 heterocycles. The maximum atomic E-state index is 12.3. The van der Waals surface area contributed by atoms with Gasteiger partial charge in [0, 0.05) is 0 Å². The number of halogens is 3. The van der Waals surface area contributed by atoms with Gasteiger partial charge in [0.05, 0.1) is 0 Å². The van der Waals surface area contributed by atoms with E-state index in [9.17, 15) is 13.2 Å². The van der Waals surface area contributed by atoms with Crippen molar-refractivity contribution in [3.8, 4) is 5.75 Å². The van der Waals surface area contributed by atoms with Crippen LogP contribution in [0.2, 0.25) is 0 Å². The SMILES string of the molecule is CCCCC1(c2ccc(CCc3ccc(OC(F)(F)F)cc3)cc2)CCCCC1. The third kappa shape index (κ3) is 6.25. The zero-order valence-electron chi connectivity index (χ0n) is 17.2. The zero-order chi connectivity index (χ0) is 20.7. The normalized spacial score (nSPS) is 16.6. The fraction of sp³-hybridized carbons (Fsp3) is 0.520. The van der Waals surface area contributed by atoms with E-state index in [1.807, 2.05) is 0 Å². The van der Waals surface area contributed by atoms with E-state index in [0.29, 0.717) is 5.41 Å². The summed E-state index contributed by atoms with van der Waals surface area (Å²) in [6, 6.07) is 15.3. The first kappa shape index (κ1) is 21.7. The van der Waals surface area contributed by atoms with Gasteiger partial charge in [-0.05, 0) is 66.3 Å². The predicted octanol–water partition coefficient (Wildman–Crippen LogP) is 7.76. The van der Waals surface area contributed by atoms with Gasteiger partial charge in [0.1, 0.15) is 5.75 Å². The van der Waals surface area contributed by atoms with Crippen molar-refractivity contribution in [3.05, 3.63) is 65.2 Å². The largest absolute Gasteiger partial charge is 0.573 e. The van der Waals surface area contributed by atoms with E-state index in [-0.39, 0.29) is 5.75 Å². The van der Waals surface area contributed by atoms with E-state index in [1.54, 1.807) is 12.1 Å². The molecule has 0 saturated heterocycles. The molecule has 1 nitrogen and oxygen atoms in total. The fourth-order valence-corrected chi connectivity index (χ4v) is 4.60. The van der Waals surface area contributed by atoms with Crippen molar-refractivity contribution >= 4 is 0 Å². The molecular formula is C25H31F3O. The molecule has 0 amide bonds. The molecule has 2 aromatic rings. The molecule has 1 aliphatic rings. The first-order chi connectivity index (χ1) is 13.9. The maximum absolute atomic E-state index is 12.3. The number of hydrogen-bond donors (Lipinski definition) is 0. The highest BCUT2D eigenvalue weighted by atomic mass is 19.4. The molecule has 0 N–H and O–H groups in total. The molecule has 29 heavy (non-hydrogen) atoms. The minimum absolute atomic E-state index is 0.171. The van der Waals surface area contributed by atoms with Crippen molar-refractivity contribution < 1.29 is 17.9 Å². The lowest BCUT2D eigenvalue weighted by atomic mass is 9.66. The van der Waals surface area contributed by atoms with Crippen LogP contribution in [0.3, 0.4) is 0 Å². The van der Waals surface area contributed by atoms with Crippen molar-refractivity contribution in [3.63, 3.8) is 0 Å². The first-order valence-electron chi connectivity index (χ1n) is 10.8. The summed E-state index contributed by atoms with van der Waals surface area (Å²) < 4.78 is 40.7. The van der Waals surface area contributed by atoms with E-state index < -0.39 is 6.36 Å². The van der Waals surface area contributed by atoms with Gasteiger partial charge in [0.2, 0.25) is 0 Å². The van der Waals surface area contributed by atoms with Crippen LogP contribution in [0, 0.1) is 0 Å². The number of benzene rings is 2. The molecule has 1 fully saturated rings. The second-order valence-electron chi connectivity index (χ2n) is 8.33. The molecule has 0 bridgehead atoms. The van der Waals surface area contributed by atoms with Gasteiger partial charge >= 0.3 is 6.36 Å². The number of alkyl halides is 3. The summed E-state index contributed by atoms with van der Waals surface area (Å²) in [6.07, 6.45) is 7.48. The van der Waals surface area contributed by atoms with E-state index in [0.717, 1.165) is 18.4 Å². The molecule has 2 aromatic carbocycles. The van der Waals surface area contributed by atoms with E-state index in [2.05, 4.69) is 35.9 Å². The van der Waals surface area contributed by atoms with Crippen LogP contribution in [-0.4, -0.2) is 6.36 Å². The van der Waals surface area contributed by atoms with Gasteiger partial charge in [-0.1, -0.05) is 75.4 Å². The van der Waals surface area contributed by atoms with Crippen molar-refractivity contribution in [2.45, 2.75) is 82.9 Å². The van der Waals surface area contributed by atoms with Crippen molar-refractivity contribution in [2.75, 3.05) is 0 Å². The second-order valence-corrected chi connectivity index (χ2v) is 8.33. The Bertz CT molecular complexity index is 741. The summed E-state index contributed by atoms with van der Waals surface area (Å²) in [4.78, 5) is 0. The lowest BCUT2D eigenvalue weighted by Crippen LogP contribution is -2.29. The van der Waals surface area contributed by atoms with Crippen LogP contribution < -0.4 is 4.74 Å². The zero-order valence-corrected chi connectivity index (χ0v) is 17.2. The molecule has 0 aromatic heterocycles. The molecule has 158 valence electrons. The van der Waals surface area contributed by atoms with Crippen LogP contribution in [0.15, 0.2) is 48.5 Å². The molecule has 0 spiro atoms. The Balaban J connectivity index is 1.60. The Labute approximate surface area is 172 Å². The maximum Gasteiger partial charge on any atom is 0.573 e. The van der Waals surface area contributed by atoms with E-state index >= 15 is 0 Å². The third-order valence-corrected chi connectivity index (χ3v) is 6.25. The minimum atomic E-state index is -4.64. The standard InChI is InChI=1S/C25H31F3O/c1-2-3-17-24(18-5-4-6-19-24)22-13-9-20(10-14-22)7-8-21-11-15-23(16-12-21)29-25(26,27)28/h9-16H,2-8,17-19H2,1H3. The van der Waals surface area contributed by atoms with E-state index in [4.69, 9.17) is 0 Å². The molecule has 1 aliphatic carbocycles. The Hall–Kier alpha value is -1.97. The summed E-state index contributed by atoms with van der Waals surface area (Å²) in [5.74, 6) is -0.171. The average Bonchev–Trinajstić information content (AvgIpc) is 2.72. The quantitative estimate of drug-likeness (QED) is 0.437. The van der Waals surface area contributed by atoms with Crippen LogP contribution in [0.25, 0.3) is 0 Å². The fourth-order valence-electron chi connectivity index (χ4n) is 4.60. The Morgan fingerprint density at radius 2 is 1.38 bits per heavy atom. The lowest BCUT2D eigenvalue weighted by molar-refractivity contribution is -0.274. The van der Waals surface area contributed by atoms with Crippen molar-refractivity contribution in [1.29, 1.82) is 0 Å². The Morgan fingerprint density at radius 3 is 1.90 bits per heavy atom. The average molecular weight is 405 g/mol. The highest BCUT2D eigenvalue weighted by Gasteiger charge is 2.33. The van der Waals surface area contributed by atoms with Crippen LogP contribution >= 0.6 is 0 Å². The molecule has 4 heteroatoms. The number of ether oxygens (including phenoxy) is 1. The summed E-state index contributed by atoms with van der Waals surface area (Å²) in [5, 5.41) is 0. The van der Waals surface area contributed by atoms with E-state index in [1.165, 1.54) is 74.6 Å². The lowest BCUT2D eigenvalue weighted by Gasteiger charge is -2.38. The highest BCUT2D eigenvalue weighted by molar-refractivity contribution is 5.32. The van der Waals surface area contributed by atoms with Gasteiger partial charge in [-0.3, -0.25) is 0 Å². The highest BCUT2D eigenvalue weighted by Crippen LogP contribution is 2.43.